The van der Waals surface area contributed by atoms with E-state index in [0.717, 1.165) is 22.3 Å². The van der Waals surface area contributed by atoms with Crippen molar-refractivity contribution in [1.29, 1.82) is 5.26 Å². The molecular weight excluding hydrogens is 222 g/mol. The maximum atomic E-state index is 9.24. The van der Waals surface area contributed by atoms with E-state index in [1.165, 1.54) is 0 Å². The van der Waals surface area contributed by atoms with Crippen LogP contribution in [0.2, 0.25) is 0 Å². The van der Waals surface area contributed by atoms with Crippen LogP contribution in [-0.4, -0.2) is 9.78 Å². The van der Waals surface area contributed by atoms with Crippen LogP contribution in [0, 0.1) is 18.3 Å². The van der Waals surface area contributed by atoms with Crippen LogP contribution in [-0.2, 0) is 7.05 Å². The smallest absolute Gasteiger partial charge is 0.0998 e. The van der Waals surface area contributed by atoms with Crippen LogP contribution in [0.3, 0.4) is 0 Å². The summed E-state index contributed by atoms with van der Waals surface area (Å²) in [6.07, 6.45) is 7.76. The van der Waals surface area contributed by atoms with Gasteiger partial charge in [-0.1, -0.05) is 12.2 Å². The Morgan fingerprint density at radius 2 is 2.17 bits per heavy atom. The van der Waals surface area contributed by atoms with Crippen molar-refractivity contribution in [3.63, 3.8) is 0 Å². The molecule has 2 aromatic rings. The maximum absolute atomic E-state index is 9.24. The van der Waals surface area contributed by atoms with Crippen molar-refractivity contribution < 1.29 is 0 Å². The lowest BCUT2D eigenvalue weighted by Crippen LogP contribution is -1.89. The van der Waals surface area contributed by atoms with E-state index in [2.05, 4.69) is 17.2 Å². The Bertz CT molecular complexity index is 642. The minimum atomic E-state index is 0.689. The zero-order chi connectivity index (χ0) is 13.1. The molecule has 0 radical (unpaired) electrons. The Hall–Kier alpha value is -2.34. The first-order valence-electron chi connectivity index (χ1n) is 5.82. The van der Waals surface area contributed by atoms with Crippen molar-refractivity contribution in [1.82, 2.24) is 9.78 Å². The van der Waals surface area contributed by atoms with E-state index in [4.69, 9.17) is 0 Å². The van der Waals surface area contributed by atoms with Gasteiger partial charge in [0.2, 0.25) is 0 Å². The average Bonchev–Trinajstić information content (AvgIpc) is 2.78. The van der Waals surface area contributed by atoms with Gasteiger partial charge in [-0.15, -0.1) is 0 Å². The SMILES string of the molecule is C/C=C/c1cc(-c2cnn(C)c2)c(C#N)cc1C. The van der Waals surface area contributed by atoms with Crippen molar-refractivity contribution in [2.45, 2.75) is 13.8 Å². The molecule has 0 unspecified atom stereocenters. The Balaban J connectivity index is 2.65. The molecule has 1 heterocycles. The molecule has 90 valence electrons. The monoisotopic (exact) mass is 237 g/mol. The molecular formula is C15H15N3. The Morgan fingerprint density at radius 1 is 1.39 bits per heavy atom. The molecule has 0 fully saturated rings. The number of allylic oxidation sites excluding steroid dienone is 1. The predicted molar refractivity (Wildman–Crippen MR) is 72.8 cm³/mol. The zero-order valence-corrected chi connectivity index (χ0v) is 10.8. The minimum absolute atomic E-state index is 0.689. The van der Waals surface area contributed by atoms with E-state index >= 15 is 0 Å². The van der Waals surface area contributed by atoms with Crippen molar-refractivity contribution >= 4 is 6.08 Å². The number of nitriles is 1. The van der Waals surface area contributed by atoms with Crippen LogP contribution in [0.4, 0.5) is 0 Å². The van der Waals surface area contributed by atoms with Crippen LogP contribution in [0.5, 0.6) is 0 Å². The first-order valence-corrected chi connectivity index (χ1v) is 5.82. The van der Waals surface area contributed by atoms with Crippen molar-refractivity contribution in [2.75, 3.05) is 0 Å². The van der Waals surface area contributed by atoms with Crippen molar-refractivity contribution in [3.8, 4) is 17.2 Å². The number of aromatic nitrogens is 2. The van der Waals surface area contributed by atoms with E-state index in [1.807, 2.05) is 45.3 Å². The molecule has 1 aromatic carbocycles. The highest BCUT2D eigenvalue weighted by molar-refractivity contribution is 5.74. The van der Waals surface area contributed by atoms with Gasteiger partial charge in [0.05, 0.1) is 17.8 Å². The molecule has 0 aliphatic carbocycles. The predicted octanol–water partition coefficient (Wildman–Crippen LogP) is 3.30. The lowest BCUT2D eigenvalue weighted by atomic mass is 9.96. The van der Waals surface area contributed by atoms with Crippen molar-refractivity contribution in [3.05, 3.63) is 47.3 Å². The first kappa shape index (κ1) is 12.1. The van der Waals surface area contributed by atoms with Crippen LogP contribution in [0.1, 0.15) is 23.6 Å². The van der Waals surface area contributed by atoms with Gasteiger partial charge in [-0.2, -0.15) is 10.4 Å². The number of rotatable bonds is 2. The van der Waals surface area contributed by atoms with Gasteiger partial charge in [-0.25, -0.2) is 0 Å². The quantitative estimate of drug-likeness (QED) is 0.804. The fraction of sp³-hybridized carbons (Fsp3) is 0.200. The molecule has 0 spiro atoms. The van der Waals surface area contributed by atoms with Gasteiger partial charge in [0.15, 0.2) is 0 Å². The molecule has 0 aliphatic rings. The van der Waals surface area contributed by atoms with Crippen LogP contribution >= 0.6 is 0 Å². The van der Waals surface area contributed by atoms with Gasteiger partial charge in [0.25, 0.3) is 0 Å². The Labute approximate surface area is 107 Å². The summed E-state index contributed by atoms with van der Waals surface area (Å²) >= 11 is 0. The fourth-order valence-corrected chi connectivity index (χ4v) is 1.98. The van der Waals surface area contributed by atoms with Gasteiger partial charge in [0.1, 0.15) is 0 Å². The van der Waals surface area contributed by atoms with Gasteiger partial charge in [-0.05, 0) is 37.1 Å². The summed E-state index contributed by atoms with van der Waals surface area (Å²) in [6, 6.07) is 6.23. The third-order valence-corrected chi connectivity index (χ3v) is 2.89. The number of nitrogens with zero attached hydrogens (tertiary/aromatic N) is 3. The maximum Gasteiger partial charge on any atom is 0.0998 e. The van der Waals surface area contributed by atoms with Crippen LogP contribution < -0.4 is 0 Å². The summed E-state index contributed by atoms with van der Waals surface area (Å²) in [6.45, 7) is 4.00. The third kappa shape index (κ3) is 2.18. The number of hydrogen-bond donors (Lipinski definition) is 0. The van der Waals surface area contributed by atoms with E-state index in [9.17, 15) is 5.26 Å². The summed E-state index contributed by atoms with van der Waals surface area (Å²) in [5.74, 6) is 0. The molecule has 0 N–H and O–H groups in total. The zero-order valence-electron chi connectivity index (χ0n) is 10.8. The lowest BCUT2D eigenvalue weighted by Gasteiger charge is -2.07. The minimum Gasteiger partial charge on any atom is -0.275 e. The third-order valence-electron chi connectivity index (χ3n) is 2.89. The average molecular weight is 237 g/mol. The normalized spacial score (nSPS) is 10.8. The topological polar surface area (TPSA) is 41.6 Å². The molecule has 18 heavy (non-hydrogen) atoms. The Morgan fingerprint density at radius 3 is 2.72 bits per heavy atom. The first-order chi connectivity index (χ1) is 8.65. The Kier molecular flexibility index (Phi) is 3.29. The summed E-state index contributed by atoms with van der Waals surface area (Å²) in [7, 11) is 1.87. The van der Waals surface area contributed by atoms with Crippen molar-refractivity contribution in [2.24, 2.45) is 7.05 Å². The summed E-state index contributed by atoms with van der Waals surface area (Å²) in [5, 5.41) is 13.4. The second-order valence-electron chi connectivity index (χ2n) is 4.27. The number of benzene rings is 1. The van der Waals surface area contributed by atoms with E-state index in [0.29, 0.717) is 5.56 Å². The molecule has 0 saturated carbocycles. The molecule has 3 heteroatoms. The van der Waals surface area contributed by atoms with Crippen LogP contribution in [0.15, 0.2) is 30.6 Å². The largest absolute Gasteiger partial charge is 0.275 e. The molecule has 0 atom stereocenters. The van der Waals surface area contributed by atoms with Gasteiger partial charge < -0.3 is 0 Å². The molecule has 0 bridgehead atoms. The standard InChI is InChI=1S/C15H15N3/c1-4-5-12-7-15(13(8-16)6-11(12)2)14-9-17-18(3)10-14/h4-7,9-10H,1-3H3/b5-4+. The van der Waals surface area contributed by atoms with E-state index in [1.54, 1.807) is 10.9 Å². The highest BCUT2D eigenvalue weighted by Gasteiger charge is 2.09. The summed E-state index contributed by atoms with van der Waals surface area (Å²) in [4.78, 5) is 0. The van der Waals surface area contributed by atoms with Gasteiger partial charge >= 0.3 is 0 Å². The summed E-state index contributed by atoms with van der Waals surface area (Å²) in [5.41, 5.74) is 4.84. The highest BCUT2D eigenvalue weighted by atomic mass is 15.2. The summed E-state index contributed by atoms with van der Waals surface area (Å²) < 4.78 is 1.74. The lowest BCUT2D eigenvalue weighted by molar-refractivity contribution is 0.768. The van der Waals surface area contributed by atoms with E-state index < -0.39 is 0 Å². The highest BCUT2D eigenvalue weighted by Crippen LogP contribution is 2.27. The molecule has 0 saturated heterocycles. The molecule has 2 rings (SSSR count). The second-order valence-corrected chi connectivity index (χ2v) is 4.27. The molecule has 0 amide bonds. The molecule has 3 nitrogen and oxygen atoms in total. The molecule has 0 aliphatic heterocycles. The molecule has 1 aromatic heterocycles. The second kappa shape index (κ2) is 4.89. The van der Waals surface area contributed by atoms with E-state index in [-0.39, 0.29) is 0 Å². The number of hydrogen-bond acceptors (Lipinski definition) is 2. The van der Waals surface area contributed by atoms with Gasteiger partial charge in [-0.3, -0.25) is 4.68 Å². The number of aryl methyl sites for hydroxylation is 2. The fourth-order valence-electron chi connectivity index (χ4n) is 1.98. The van der Waals surface area contributed by atoms with Crippen LogP contribution in [0.25, 0.3) is 17.2 Å². The van der Waals surface area contributed by atoms with Gasteiger partial charge in [0, 0.05) is 24.4 Å².